The molecule has 1 unspecified atom stereocenters. The van der Waals surface area contributed by atoms with Gasteiger partial charge in [-0.2, -0.15) is 0 Å². The summed E-state index contributed by atoms with van der Waals surface area (Å²) in [6.45, 7) is 6.77. The van der Waals surface area contributed by atoms with Crippen molar-refractivity contribution in [1.82, 2.24) is 0 Å². The van der Waals surface area contributed by atoms with Gasteiger partial charge in [-0.3, -0.25) is 4.79 Å². The first kappa shape index (κ1) is 15.8. The zero-order valence-electron chi connectivity index (χ0n) is 11.6. The highest BCUT2D eigenvalue weighted by Gasteiger charge is 2.14. The predicted molar refractivity (Wildman–Crippen MR) is 83.2 cm³/mol. The number of carbonyl (C=O) groups excluding carboxylic acids is 1. The molecular weight excluding hydrogens is 308 g/mol. The molecule has 0 aliphatic heterocycles. The maximum Gasteiger partial charge on any atom is 0.321 e. The highest BCUT2D eigenvalue weighted by Crippen LogP contribution is 2.18. The van der Waals surface area contributed by atoms with E-state index in [0.717, 1.165) is 18.8 Å². The highest BCUT2D eigenvalue weighted by atomic mass is 79.9. The van der Waals surface area contributed by atoms with E-state index in [0.29, 0.717) is 6.54 Å². The first-order valence-electron chi connectivity index (χ1n) is 6.43. The van der Waals surface area contributed by atoms with Gasteiger partial charge in [-0.15, -0.1) is 0 Å². The molecule has 19 heavy (non-hydrogen) atoms. The summed E-state index contributed by atoms with van der Waals surface area (Å²) in [5.74, 6) is -0.271. The Kier molecular flexibility index (Phi) is 6.70. The molecule has 1 rings (SSSR count). The number of nitrogens with zero attached hydrogens (tertiary/aromatic N) is 1. The van der Waals surface area contributed by atoms with Crippen molar-refractivity contribution in [1.29, 1.82) is 0 Å². The lowest BCUT2D eigenvalue weighted by molar-refractivity contribution is -0.139. The van der Waals surface area contributed by atoms with Gasteiger partial charge >= 0.3 is 5.97 Å². The Morgan fingerprint density at radius 2 is 1.89 bits per heavy atom. The first-order chi connectivity index (χ1) is 9.12. The van der Waals surface area contributed by atoms with Crippen LogP contribution in [0.4, 0.5) is 11.4 Å². The third kappa shape index (κ3) is 4.74. The molecule has 1 aromatic rings. The summed E-state index contributed by atoms with van der Waals surface area (Å²) < 4.78 is 4.65. The monoisotopic (exact) mass is 328 g/mol. The third-order valence-corrected chi connectivity index (χ3v) is 3.64. The number of hydrogen-bond donors (Lipinski definition) is 1. The molecule has 1 N–H and O–H groups in total. The molecule has 0 spiro atoms. The van der Waals surface area contributed by atoms with Crippen molar-refractivity contribution in [2.45, 2.75) is 18.7 Å². The van der Waals surface area contributed by atoms with Crippen LogP contribution in [0.1, 0.15) is 13.8 Å². The van der Waals surface area contributed by atoms with Crippen molar-refractivity contribution in [3.63, 3.8) is 0 Å². The van der Waals surface area contributed by atoms with E-state index < -0.39 is 0 Å². The van der Waals surface area contributed by atoms with Crippen LogP contribution < -0.4 is 10.2 Å². The van der Waals surface area contributed by atoms with E-state index in [1.54, 1.807) is 0 Å². The third-order valence-electron chi connectivity index (χ3n) is 2.94. The van der Waals surface area contributed by atoms with Crippen LogP contribution in [-0.4, -0.2) is 37.5 Å². The van der Waals surface area contributed by atoms with E-state index in [1.165, 1.54) is 12.8 Å². The predicted octanol–water partition coefficient (Wildman–Crippen LogP) is 2.88. The van der Waals surface area contributed by atoms with E-state index in [1.807, 2.05) is 12.1 Å². The van der Waals surface area contributed by atoms with E-state index in [-0.39, 0.29) is 10.8 Å². The molecule has 0 radical (unpaired) electrons. The standard InChI is InChI=1S/C14H21BrN2O2/c1-4-17(5-2)12-8-6-11(7-9-12)16-10-13(15)14(18)19-3/h6-9,13,16H,4-5,10H2,1-3H3. The van der Waals surface area contributed by atoms with Gasteiger partial charge in [0.05, 0.1) is 7.11 Å². The average molecular weight is 329 g/mol. The van der Waals surface area contributed by atoms with Crippen molar-refractivity contribution in [3.05, 3.63) is 24.3 Å². The summed E-state index contributed by atoms with van der Waals surface area (Å²) in [6.07, 6.45) is 0. The lowest BCUT2D eigenvalue weighted by atomic mass is 10.2. The Morgan fingerprint density at radius 3 is 2.37 bits per heavy atom. The van der Waals surface area contributed by atoms with Crippen LogP contribution in [0.5, 0.6) is 0 Å². The summed E-state index contributed by atoms with van der Waals surface area (Å²) in [6, 6.07) is 8.20. The number of methoxy groups -OCH3 is 1. The first-order valence-corrected chi connectivity index (χ1v) is 7.34. The molecule has 1 atom stereocenters. The average Bonchev–Trinajstić information content (AvgIpc) is 2.46. The number of ether oxygens (including phenoxy) is 1. The van der Waals surface area contributed by atoms with Gasteiger partial charge in [-0.1, -0.05) is 15.9 Å². The van der Waals surface area contributed by atoms with Crippen molar-refractivity contribution in [3.8, 4) is 0 Å². The van der Waals surface area contributed by atoms with Gasteiger partial charge < -0.3 is 15.0 Å². The maximum absolute atomic E-state index is 11.2. The summed E-state index contributed by atoms with van der Waals surface area (Å²) in [5, 5.41) is 3.20. The number of alkyl halides is 1. The van der Waals surface area contributed by atoms with Crippen molar-refractivity contribution >= 4 is 33.3 Å². The fourth-order valence-electron chi connectivity index (χ4n) is 1.80. The molecule has 0 aliphatic carbocycles. The second kappa shape index (κ2) is 8.04. The molecule has 0 heterocycles. The van der Waals surface area contributed by atoms with Gasteiger partial charge in [0, 0.05) is 31.0 Å². The number of rotatable bonds is 7. The fourth-order valence-corrected chi connectivity index (χ4v) is 2.15. The summed E-state index contributed by atoms with van der Waals surface area (Å²) in [4.78, 5) is 13.2. The van der Waals surface area contributed by atoms with Gasteiger partial charge in [0.2, 0.25) is 0 Å². The smallest absolute Gasteiger partial charge is 0.321 e. The number of hydrogen-bond acceptors (Lipinski definition) is 4. The molecule has 0 bridgehead atoms. The van der Waals surface area contributed by atoms with Crippen LogP contribution in [0.15, 0.2) is 24.3 Å². The van der Waals surface area contributed by atoms with Gasteiger partial charge in [0.15, 0.2) is 0 Å². The molecule has 0 aliphatic rings. The summed E-state index contributed by atoms with van der Waals surface area (Å²) >= 11 is 3.28. The second-order valence-corrected chi connectivity index (χ2v) is 5.20. The van der Waals surface area contributed by atoms with E-state index in [2.05, 4.69) is 56.9 Å². The second-order valence-electron chi connectivity index (χ2n) is 4.09. The number of nitrogens with one attached hydrogen (secondary N) is 1. The molecule has 0 saturated carbocycles. The quantitative estimate of drug-likeness (QED) is 0.617. The van der Waals surface area contributed by atoms with Crippen LogP contribution in [0.3, 0.4) is 0 Å². The van der Waals surface area contributed by atoms with Crippen molar-refractivity contribution in [2.75, 3.05) is 37.0 Å². The number of esters is 1. The molecule has 1 aromatic carbocycles. The molecule has 0 aromatic heterocycles. The van der Waals surface area contributed by atoms with E-state index in [4.69, 9.17) is 0 Å². The van der Waals surface area contributed by atoms with Crippen LogP contribution in [0.25, 0.3) is 0 Å². The normalized spacial score (nSPS) is 11.8. The highest BCUT2D eigenvalue weighted by molar-refractivity contribution is 9.10. The fraction of sp³-hybridized carbons (Fsp3) is 0.500. The zero-order valence-corrected chi connectivity index (χ0v) is 13.2. The topological polar surface area (TPSA) is 41.6 Å². The molecule has 5 heteroatoms. The van der Waals surface area contributed by atoms with Crippen LogP contribution in [0, 0.1) is 0 Å². The summed E-state index contributed by atoms with van der Waals surface area (Å²) in [5.41, 5.74) is 2.20. The molecule has 4 nitrogen and oxygen atoms in total. The van der Waals surface area contributed by atoms with Gasteiger partial charge in [0.1, 0.15) is 4.83 Å². The van der Waals surface area contributed by atoms with Gasteiger partial charge in [-0.05, 0) is 38.1 Å². The lowest BCUT2D eigenvalue weighted by Crippen LogP contribution is -2.24. The number of carbonyl (C=O) groups is 1. The molecule has 106 valence electrons. The van der Waals surface area contributed by atoms with E-state index in [9.17, 15) is 4.79 Å². The van der Waals surface area contributed by atoms with Crippen molar-refractivity contribution < 1.29 is 9.53 Å². The Bertz CT molecular complexity index is 391. The Labute approximate surface area is 123 Å². The van der Waals surface area contributed by atoms with Crippen molar-refractivity contribution in [2.24, 2.45) is 0 Å². The van der Waals surface area contributed by atoms with Crippen LogP contribution in [0.2, 0.25) is 0 Å². The SMILES string of the molecule is CCN(CC)c1ccc(NCC(Br)C(=O)OC)cc1. The van der Waals surface area contributed by atoms with Crippen LogP contribution >= 0.6 is 15.9 Å². The molecule has 0 saturated heterocycles. The zero-order chi connectivity index (χ0) is 14.3. The Hall–Kier alpha value is -1.23. The number of benzene rings is 1. The van der Waals surface area contributed by atoms with Crippen LogP contribution in [-0.2, 0) is 9.53 Å². The Balaban J connectivity index is 2.55. The molecule has 0 amide bonds. The molecule has 0 fully saturated rings. The number of halogens is 1. The number of anilines is 2. The lowest BCUT2D eigenvalue weighted by Gasteiger charge is -2.21. The minimum Gasteiger partial charge on any atom is -0.468 e. The molecular formula is C14H21BrN2O2. The summed E-state index contributed by atoms with van der Waals surface area (Å²) in [7, 11) is 1.38. The largest absolute Gasteiger partial charge is 0.468 e. The minimum absolute atomic E-state index is 0.271. The minimum atomic E-state index is -0.333. The Morgan fingerprint density at radius 1 is 1.32 bits per heavy atom. The van der Waals surface area contributed by atoms with Gasteiger partial charge in [0.25, 0.3) is 0 Å². The van der Waals surface area contributed by atoms with Gasteiger partial charge in [-0.25, -0.2) is 0 Å². The maximum atomic E-state index is 11.2. The van der Waals surface area contributed by atoms with E-state index >= 15 is 0 Å².